The fourth-order valence-electron chi connectivity index (χ4n) is 3.06. The highest BCUT2D eigenvalue weighted by Gasteiger charge is 2.28. The number of piperazine rings is 1. The van der Waals surface area contributed by atoms with Gasteiger partial charge < -0.3 is 9.80 Å². The van der Waals surface area contributed by atoms with Crippen molar-refractivity contribution in [3.05, 3.63) is 52.1 Å². The standard InChI is InChI=1S/C18H19N3O4S/c1-26-10-9-19-7-8-20(12-17(19)22)18(23)16-4-2-3-13-11-14(21(24)25)5-6-15(13)16/h2-6,11H,7-10,12H2,1H3. The maximum absolute atomic E-state index is 12.9. The van der Waals surface area contributed by atoms with Gasteiger partial charge in [-0.05, 0) is 29.2 Å². The van der Waals surface area contributed by atoms with E-state index in [1.807, 2.05) is 6.26 Å². The number of hydrogen-bond acceptors (Lipinski definition) is 5. The molecule has 26 heavy (non-hydrogen) atoms. The minimum absolute atomic E-state index is 0.0142. The SMILES string of the molecule is CSCCN1CCN(C(=O)c2cccc3cc([N+](=O)[O-])ccc23)CC1=O. The van der Waals surface area contributed by atoms with Gasteiger partial charge in [0.05, 0.1) is 4.92 Å². The van der Waals surface area contributed by atoms with Gasteiger partial charge in [0, 0.05) is 43.1 Å². The molecule has 0 radical (unpaired) electrons. The van der Waals surface area contributed by atoms with Gasteiger partial charge in [-0.15, -0.1) is 0 Å². The quantitative estimate of drug-likeness (QED) is 0.594. The molecule has 0 aromatic heterocycles. The summed E-state index contributed by atoms with van der Waals surface area (Å²) >= 11 is 1.68. The monoisotopic (exact) mass is 373 g/mol. The van der Waals surface area contributed by atoms with Crippen molar-refractivity contribution >= 4 is 40.0 Å². The van der Waals surface area contributed by atoms with Crippen LogP contribution in [0.1, 0.15) is 10.4 Å². The van der Waals surface area contributed by atoms with Crippen LogP contribution in [-0.2, 0) is 4.79 Å². The minimum Gasteiger partial charge on any atom is -0.339 e. The first-order valence-electron chi connectivity index (χ1n) is 8.24. The molecule has 0 unspecified atom stereocenters. The molecular formula is C18H19N3O4S. The number of nitro benzene ring substituents is 1. The van der Waals surface area contributed by atoms with Crippen molar-refractivity contribution in [2.45, 2.75) is 0 Å². The van der Waals surface area contributed by atoms with Gasteiger partial charge in [0.25, 0.3) is 11.6 Å². The summed E-state index contributed by atoms with van der Waals surface area (Å²) in [5, 5.41) is 12.2. The molecular weight excluding hydrogens is 354 g/mol. The Hall–Kier alpha value is -2.61. The van der Waals surface area contributed by atoms with Crippen LogP contribution >= 0.6 is 11.8 Å². The molecule has 0 spiro atoms. The number of non-ortho nitro benzene ring substituents is 1. The fourth-order valence-corrected chi connectivity index (χ4v) is 3.46. The van der Waals surface area contributed by atoms with E-state index < -0.39 is 4.92 Å². The van der Waals surface area contributed by atoms with E-state index in [0.29, 0.717) is 36.0 Å². The minimum atomic E-state index is -0.458. The van der Waals surface area contributed by atoms with Gasteiger partial charge >= 0.3 is 0 Å². The van der Waals surface area contributed by atoms with E-state index in [-0.39, 0.29) is 24.0 Å². The van der Waals surface area contributed by atoms with E-state index in [9.17, 15) is 19.7 Å². The van der Waals surface area contributed by atoms with E-state index in [1.54, 1.807) is 45.8 Å². The number of hydrogen-bond donors (Lipinski definition) is 0. The van der Waals surface area contributed by atoms with Gasteiger partial charge in [0.1, 0.15) is 6.54 Å². The van der Waals surface area contributed by atoms with Crippen LogP contribution in [0.5, 0.6) is 0 Å². The molecule has 2 amide bonds. The Bertz CT molecular complexity index is 871. The van der Waals surface area contributed by atoms with Crippen LogP contribution in [0.2, 0.25) is 0 Å². The average molecular weight is 373 g/mol. The van der Waals surface area contributed by atoms with Gasteiger partial charge in [-0.1, -0.05) is 12.1 Å². The third-order valence-electron chi connectivity index (χ3n) is 4.48. The van der Waals surface area contributed by atoms with Crippen molar-refractivity contribution in [2.75, 3.05) is 38.2 Å². The molecule has 1 aliphatic heterocycles. The Balaban J connectivity index is 1.82. The lowest BCUT2D eigenvalue weighted by atomic mass is 10.0. The molecule has 7 nitrogen and oxygen atoms in total. The summed E-state index contributed by atoms with van der Waals surface area (Å²) in [6.45, 7) is 1.78. The van der Waals surface area contributed by atoms with Gasteiger partial charge in [0.15, 0.2) is 0 Å². The number of carbonyl (C=O) groups is 2. The van der Waals surface area contributed by atoms with Gasteiger partial charge in [0.2, 0.25) is 5.91 Å². The summed E-state index contributed by atoms with van der Waals surface area (Å²) in [5.41, 5.74) is 0.447. The van der Waals surface area contributed by atoms with E-state index in [1.165, 1.54) is 12.1 Å². The van der Waals surface area contributed by atoms with E-state index in [4.69, 9.17) is 0 Å². The molecule has 3 rings (SSSR count). The molecule has 0 aliphatic carbocycles. The number of thioether (sulfide) groups is 1. The highest BCUT2D eigenvalue weighted by Crippen LogP contribution is 2.25. The fraction of sp³-hybridized carbons (Fsp3) is 0.333. The molecule has 2 aromatic carbocycles. The average Bonchev–Trinajstić information content (AvgIpc) is 2.65. The van der Waals surface area contributed by atoms with Crippen molar-refractivity contribution < 1.29 is 14.5 Å². The van der Waals surface area contributed by atoms with Crippen LogP contribution in [0.15, 0.2) is 36.4 Å². The molecule has 0 atom stereocenters. The summed E-state index contributed by atoms with van der Waals surface area (Å²) in [5.74, 6) is 0.610. The summed E-state index contributed by atoms with van der Waals surface area (Å²) in [4.78, 5) is 39.0. The Kier molecular flexibility index (Phi) is 5.41. The molecule has 1 saturated heterocycles. The van der Waals surface area contributed by atoms with Gasteiger partial charge in [-0.2, -0.15) is 11.8 Å². The van der Waals surface area contributed by atoms with Crippen LogP contribution in [0.4, 0.5) is 5.69 Å². The Morgan fingerprint density at radius 2 is 2.08 bits per heavy atom. The van der Waals surface area contributed by atoms with Crippen LogP contribution in [0, 0.1) is 10.1 Å². The first-order valence-corrected chi connectivity index (χ1v) is 9.64. The van der Waals surface area contributed by atoms with Gasteiger partial charge in [-0.3, -0.25) is 19.7 Å². The Morgan fingerprint density at radius 3 is 2.77 bits per heavy atom. The first-order chi connectivity index (χ1) is 12.5. The summed E-state index contributed by atoms with van der Waals surface area (Å²) < 4.78 is 0. The summed E-state index contributed by atoms with van der Waals surface area (Å²) in [6, 6.07) is 9.58. The number of rotatable bonds is 5. The normalized spacial score (nSPS) is 14.7. The number of benzene rings is 2. The van der Waals surface area contributed by atoms with Crippen molar-refractivity contribution in [3.8, 4) is 0 Å². The van der Waals surface area contributed by atoms with Gasteiger partial charge in [-0.25, -0.2) is 0 Å². The number of fused-ring (bicyclic) bond motifs is 1. The van der Waals surface area contributed by atoms with Crippen molar-refractivity contribution in [3.63, 3.8) is 0 Å². The first kappa shape index (κ1) is 18.2. The van der Waals surface area contributed by atoms with Crippen LogP contribution < -0.4 is 0 Å². The van der Waals surface area contributed by atoms with E-state index in [0.717, 1.165) is 5.75 Å². The molecule has 0 N–H and O–H groups in total. The third kappa shape index (κ3) is 3.65. The molecule has 1 aliphatic rings. The zero-order valence-electron chi connectivity index (χ0n) is 14.4. The number of amides is 2. The molecule has 1 fully saturated rings. The zero-order chi connectivity index (χ0) is 18.7. The molecule has 8 heteroatoms. The highest BCUT2D eigenvalue weighted by molar-refractivity contribution is 7.98. The molecule has 136 valence electrons. The Morgan fingerprint density at radius 1 is 1.27 bits per heavy atom. The van der Waals surface area contributed by atoms with Crippen molar-refractivity contribution in [1.82, 2.24) is 9.80 Å². The van der Waals surface area contributed by atoms with Crippen molar-refractivity contribution in [1.29, 1.82) is 0 Å². The maximum Gasteiger partial charge on any atom is 0.270 e. The second-order valence-corrected chi connectivity index (χ2v) is 7.05. The van der Waals surface area contributed by atoms with Crippen LogP contribution in [0.3, 0.4) is 0 Å². The number of nitro groups is 1. The van der Waals surface area contributed by atoms with Crippen LogP contribution in [-0.4, -0.2) is 64.7 Å². The number of carbonyl (C=O) groups excluding carboxylic acids is 2. The second-order valence-electron chi connectivity index (χ2n) is 6.07. The van der Waals surface area contributed by atoms with Crippen LogP contribution in [0.25, 0.3) is 10.8 Å². The summed E-state index contributed by atoms with van der Waals surface area (Å²) in [6.07, 6.45) is 2.00. The maximum atomic E-state index is 12.9. The Labute approximate surface area is 155 Å². The smallest absolute Gasteiger partial charge is 0.270 e. The lowest BCUT2D eigenvalue weighted by Gasteiger charge is -2.34. The number of nitrogens with zero attached hydrogens (tertiary/aromatic N) is 3. The predicted molar refractivity (Wildman–Crippen MR) is 101 cm³/mol. The molecule has 2 aromatic rings. The lowest BCUT2D eigenvalue weighted by Crippen LogP contribution is -2.52. The van der Waals surface area contributed by atoms with E-state index >= 15 is 0 Å². The lowest BCUT2D eigenvalue weighted by molar-refractivity contribution is -0.384. The highest BCUT2D eigenvalue weighted by atomic mass is 32.2. The zero-order valence-corrected chi connectivity index (χ0v) is 15.2. The summed E-state index contributed by atoms with van der Waals surface area (Å²) in [7, 11) is 0. The van der Waals surface area contributed by atoms with Crippen molar-refractivity contribution in [2.24, 2.45) is 0 Å². The molecule has 1 heterocycles. The third-order valence-corrected chi connectivity index (χ3v) is 5.07. The van der Waals surface area contributed by atoms with E-state index in [2.05, 4.69) is 0 Å². The molecule has 0 saturated carbocycles. The largest absolute Gasteiger partial charge is 0.339 e. The topological polar surface area (TPSA) is 83.8 Å². The predicted octanol–water partition coefficient (Wildman–Crippen LogP) is 2.40. The molecule has 0 bridgehead atoms. The second kappa shape index (κ2) is 7.74.